The summed E-state index contributed by atoms with van der Waals surface area (Å²) >= 11 is 5.83. The van der Waals surface area contributed by atoms with E-state index < -0.39 is 5.82 Å². The number of phenols is 1. The molecular formula is C14H9ClFNO. The zero-order valence-corrected chi connectivity index (χ0v) is 10.0. The van der Waals surface area contributed by atoms with Gasteiger partial charge < -0.3 is 9.67 Å². The highest BCUT2D eigenvalue weighted by Gasteiger charge is 2.08. The van der Waals surface area contributed by atoms with E-state index in [0.717, 1.165) is 11.1 Å². The summed E-state index contributed by atoms with van der Waals surface area (Å²) in [6.45, 7) is 0. The van der Waals surface area contributed by atoms with E-state index >= 15 is 0 Å². The molecule has 4 heteroatoms. The Bertz CT molecular complexity index is 718. The summed E-state index contributed by atoms with van der Waals surface area (Å²) < 4.78 is 15.2. The van der Waals surface area contributed by atoms with Gasteiger partial charge in [-0.05, 0) is 36.4 Å². The molecule has 0 bridgehead atoms. The minimum absolute atomic E-state index is 0.337. The first-order valence-electron chi connectivity index (χ1n) is 5.41. The lowest BCUT2D eigenvalue weighted by molar-refractivity contribution is 0.433. The average molecular weight is 262 g/mol. The van der Waals surface area contributed by atoms with Crippen LogP contribution in [0.25, 0.3) is 16.6 Å². The highest BCUT2D eigenvalue weighted by atomic mass is 35.5. The molecule has 2 nitrogen and oxygen atoms in total. The van der Waals surface area contributed by atoms with Gasteiger partial charge in [-0.3, -0.25) is 0 Å². The van der Waals surface area contributed by atoms with Crippen LogP contribution in [0.5, 0.6) is 5.75 Å². The van der Waals surface area contributed by atoms with Crippen molar-refractivity contribution in [3.8, 4) is 11.4 Å². The number of benzene rings is 2. The van der Waals surface area contributed by atoms with Gasteiger partial charge in [-0.1, -0.05) is 11.6 Å². The van der Waals surface area contributed by atoms with Crippen LogP contribution in [0, 0.1) is 5.82 Å². The zero-order chi connectivity index (χ0) is 12.7. The van der Waals surface area contributed by atoms with Gasteiger partial charge >= 0.3 is 0 Å². The van der Waals surface area contributed by atoms with Gasteiger partial charge in [0.15, 0.2) is 11.6 Å². The molecule has 0 saturated carbocycles. The molecule has 0 atom stereocenters. The standard InChI is InChI=1S/C14H9ClFNO/c15-10-1-3-11(4-2-10)17-6-5-9-7-14(18)12(16)8-13(9)17/h1-8,18H. The summed E-state index contributed by atoms with van der Waals surface area (Å²) in [7, 11) is 0. The topological polar surface area (TPSA) is 25.2 Å². The normalized spacial score (nSPS) is 11.0. The van der Waals surface area contributed by atoms with Crippen LogP contribution in [0.4, 0.5) is 4.39 Å². The van der Waals surface area contributed by atoms with E-state index in [2.05, 4.69) is 0 Å². The molecule has 0 fully saturated rings. The van der Waals surface area contributed by atoms with E-state index in [-0.39, 0.29) is 5.75 Å². The van der Waals surface area contributed by atoms with Crippen LogP contribution in [0.1, 0.15) is 0 Å². The van der Waals surface area contributed by atoms with E-state index in [1.165, 1.54) is 12.1 Å². The van der Waals surface area contributed by atoms with Gasteiger partial charge in [-0.15, -0.1) is 0 Å². The first-order valence-corrected chi connectivity index (χ1v) is 5.78. The molecule has 0 amide bonds. The smallest absolute Gasteiger partial charge is 0.166 e. The SMILES string of the molecule is Oc1cc2ccn(-c3ccc(Cl)cc3)c2cc1F. The molecule has 0 aliphatic heterocycles. The monoisotopic (exact) mass is 261 g/mol. The number of nitrogens with zero attached hydrogens (tertiary/aromatic N) is 1. The third-order valence-electron chi connectivity index (χ3n) is 2.86. The van der Waals surface area contributed by atoms with Crippen LogP contribution in [0.15, 0.2) is 48.7 Å². The van der Waals surface area contributed by atoms with E-state index in [4.69, 9.17) is 11.6 Å². The van der Waals surface area contributed by atoms with Gasteiger partial charge in [0, 0.05) is 28.4 Å². The molecule has 0 radical (unpaired) electrons. The van der Waals surface area contributed by atoms with Crippen LogP contribution in [-0.4, -0.2) is 9.67 Å². The first kappa shape index (κ1) is 11.1. The van der Waals surface area contributed by atoms with Crippen LogP contribution >= 0.6 is 11.6 Å². The van der Waals surface area contributed by atoms with Crippen molar-refractivity contribution >= 4 is 22.5 Å². The molecular weight excluding hydrogens is 253 g/mol. The van der Waals surface area contributed by atoms with Crippen molar-refractivity contribution < 1.29 is 9.50 Å². The summed E-state index contributed by atoms with van der Waals surface area (Å²) in [5.74, 6) is -0.965. The van der Waals surface area contributed by atoms with E-state index in [0.29, 0.717) is 10.5 Å². The highest BCUT2D eigenvalue weighted by molar-refractivity contribution is 6.30. The van der Waals surface area contributed by atoms with Crippen LogP contribution < -0.4 is 0 Å². The van der Waals surface area contributed by atoms with Crippen molar-refractivity contribution in [3.63, 3.8) is 0 Å². The predicted molar refractivity (Wildman–Crippen MR) is 69.9 cm³/mol. The Balaban J connectivity index is 2.23. The van der Waals surface area contributed by atoms with Gasteiger partial charge in [0.05, 0.1) is 5.52 Å². The fourth-order valence-electron chi connectivity index (χ4n) is 1.97. The van der Waals surface area contributed by atoms with Crippen molar-refractivity contribution in [2.24, 2.45) is 0 Å². The number of aromatic hydroxyl groups is 1. The largest absolute Gasteiger partial charge is 0.505 e. The zero-order valence-electron chi connectivity index (χ0n) is 9.27. The Hall–Kier alpha value is -2.00. The maximum absolute atomic E-state index is 13.4. The number of hydrogen-bond acceptors (Lipinski definition) is 1. The molecule has 2 aromatic carbocycles. The number of phenolic OH excluding ortho intramolecular Hbond substituents is 1. The number of fused-ring (bicyclic) bond motifs is 1. The van der Waals surface area contributed by atoms with Crippen molar-refractivity contribution in [1.82, 2.24) is 4.57 Å². The summed E-state index contributed by atoms with van der Waals surface area (Å²) in [5.41, 5.74) is 1.59. The minimum atomic E-state index is -0.628. The molecule has 0 spiro atoms. The Morgan fingerprint density at radius 3 is 2.50 bits per heavy atom. The number of aromatic nitrogens is 1. The molecule has 90 valence electrons. The van der Waals surface area contributed by atoms with Crippen LogP contribution in [0.3, 0.4) is 0 Å². The van der Waals surface area contributed by atoms with E-state index in [9.17, 15) is 9.50 Å². The maximum Gasteiger partial charge on any atom is 0.166 e. The third kappa shape index (κ3) is 1.73. The van der Waals surface area contributed by atoms with E-state index in [1.54, 1.807) is 12.1 Å². The third-order valence-corrected chi connectivity index (χ3v) is 3.12. The predicted octanol–water partition coefficient (Wildman–Crippen LogP) is 4.13. The second-order valence-corrected chi connectivity index (χ2v) is 4.46. The first-order chi connectivity index (χ1) is 8.65. The number of halogens is 2. The molecule has 3 aromatic rings. The molecule has 1 heterocycles. The molecule has 18 heavy (non-hydrogen) atoms. The molecule has 0 aliphatic rings. The summed E-state index contributed by atoms with van der Waals surface area (Å²) in [6, 6.07) is 11.8. The van der Waals surface area contributed by atoms with Crippen LogP contribution in [-0.2, 0) is 0 Å². The fourth-order valence-corrected chi connectivity index (χ4v) is 2.10. The van der Waals surface area contributed by atoms with E-state index in [1.807, 2.05) is 29.0 Å². The lowest BCUT2D eigenvalue weighted by Crippen LogP contribution is -1.91. The second kappa shape index (κ2) is 4.03. The second-order valence-electron chi connectivity index (χ2n) is 4.02. The van der Waals surface area contributed by atoms with Gasteiger partial charge in [-0.2, -0.15) is 0 Å². The Morgan fingerprint density at radius 1 is 1.06 bits per heavy atom. The van der Waals surface area contributed by atoms with Gasteiger partial charge in [0.1, 0.15) is 0 Å². The molecule has 0 saturated heterocycles. The number of rotatable bonds is 1. The Morgan fingerprint density at radius 2 is 1.78 bits per heavy atom. The van der Waals surface area contributed by atoms with Gasteiger partial charge in [0.25, 0.3) is 0 Å². The maximum atomic E-state index is 13.4. The fraction of sp³-hybridized carbons (Fsp3) is 0. The summed E-state index contributed by atoms with van der Waals surface area (Å²) in [4.78, 5) is 0. The number of hydrogen-bond donors (Lipinski definition) is 1. The Kier molecular flexibility index (Phi) is 2.49. The molecule has 3 rings (SSSR count). The molecule has 1 aromatic heterocycles. The quantitative estimate of drug-likeness (QED) is 0.700. The lowest BCUT2D eigenvalue weighted by atomic mass is 10.2. The molecule has 0 unspecified atom stereocenters. The van der Waals surface area contributed by atoms with Crippen molar-refractivity contribution in [3.05, 3.63) is 59.5 Å². The highest BCUT2D eigenvalue weighted by Crippen LogP contribution is 2.27. The molecule has 0 aliphatic carbocycles. The average Bonchev–Trinajstić information content (AvgIpc) is 2.74. The summed E-state index contributed by atoms with van der Waals surface area (Å²) in [6.07, 6.45) is 1.83. The summed E-state index contributed by atoms with van der Waals surface area (Å²) in [5, 5.41) is 10.8. The van der Waals surface area contributed by atoms with Crippen molar-refractivity contribution in [2.75, 3.05) is 0 Å². The minimum Gasteiger partial charge on any atom is -0.505 e. The molecule has 1 N–H and O–H groups in total. The Labute approximate surface area is 108 Å². The van der Waals surface area contributed by atoms with Gasteiger partial charge in [0.2, 0.25) is 0 Å². The van der Waals surface area contributed by atoms with Crippen molar-refractivity contribution in [1.29, 1.82) is 0 Å². The van der Waals surface area contributed by atoms with Gasteiger partial charge in [-0.25, -0.2) is 4.39 Å². The lowest BCUT2D eigenvalue weighted by Gasteiger charge is -2.06. The van der Waals surface area contributed by atoms with Crippen LogP contribution in [0.2, 0.25) is 5.02 Å². The van der Waals surface area contributed by atoms with Crippen molar-refractivity contribution in [2.45, 2.75) is 0 Å².